The molecule has 2 heteroatoms. The fraction of sp³-hybridized carbons (Fsp3) is 1.00. The molecule has 0 bridgehead atoms. The minimum Gasteiger partial charge on any atom is -0.305 e. The van der Waals surface area contributed by atoms with Gasteiger partial charge in [-0.25, -0.2) is 0 Å². The van der Waals surface area contributed by atoms with Crippen molar-refractivity contribution in [3.8, 4) is 0 Å². The van der Waals surface area contributed by atoms with Crippen molar-refractivity contribution in [2.45, 2.75) is 40.7 Å². The number of likely N-dealkylation sites (N-methyl/N-ethyl adjacent to an activating group) is 2. The molecule has 2 nitrogen and oxygen atoms in total. The van der Waals surface area contributed by atoms with E-state index in [1.807, 2.05) is 13.8 Å². The zero-order valence-electron chi connectivity index (χ0n) is 10.6. The van der Waals surface area contributed by atoms with Gasteiger partial charge in [-0.2, -0.15) is 0 Å². The van der Waals surface area contributed by atoms with Crippen molar-refractivity contribution >= 4 is 0 Å². The summed E-state index contributed by atoms with van der Waals surface area (Å²) in [5, 5.41) is 0. The van der Waals surface area contributed by atoms with E-state index in [0.29, 0.717) is 6.04 Å². The lowest BCUT2D eigenvalue weighted by Gasteiger charge is -2.23. The SMILES string of the molecule is CC.CCN(C)CCN(C)C(C)C. The van der Waals surface area contributed by atoms with E-state index in [-0.39, 0.29) is 0 Å². The predicted molar refractivity (Wildman–Crippen MR) is 62.3 cm³/mol. The van der Waals surface area contributed by atoms with Gasteiger partial charge >= 0.3 is 0 Å². The molecule has 0 atom stereocenters. The molecule has 0 saturated carbocycles. The maximum Gasteiger partial charge on any atom is 0.0109 e. The normalized spacial score (nSPS) is 10.6. The summed E-state index contributed by atoms with van der Waals surface area (Å²) in [5.41, 5.74) is 0. The van der Waals surface area contributed by atoms with Crippen molar-refractivity contribution in [2.75, 3.05) is 33.7 Å². The Hall–Kier alpha value is -0.0800. The lowest BCUT2D eigenvalue weighted by Crippen LogP contribution is -2.34. The highest BCUT2D eigenvalue weighted by atomic mass is 15.2. The van der Waals surface area contributed by atoms with Gasteiger partial charge in [-0.1, -0.05) is 20.8 Å². The van der Waals surface area contributed by atoms with Gasteiger partial charge in [-0.05, 0) is 34.5 Å². The second kappa shape index (κ2) is 10.0. The van der Waals surface area contributed by atoms with Crippen LogP contribution in [0.25, 0.3) is 0 Å². The van der Waals surface area contributed by atoms with Crippen LogP contribution in [0.15, 0.2) is 0 Å². The Labute approximate surface area is 84.9 Å². The zero-order chi connectivity index (χ0) is 10.9. The quantitative estimate of drug-likeness (QED) is 0.653. The molecule has 0 unspecified atom stereocenters. The van der Waals surface area contributed by atoms with Crippen LogP contribution < -0.4 is 0 Å². The molecule has 0 saturated heterocycles. The van der Waals surface area contributed by atoms with Gasteiger partial charge in [-0.3, -0.25) is 0 Å². The number of rotatable bonds is 5. The first kappa shape index (κ1) is 15.4. The van der Waals surface area contributed by atoms with E-state index in [2.05, 4.69) is 44.7 Å². The molecule has 0 rings (SSSR count). The minimum absolute atomic E-state index is 0.667. The van der Waals surface area contributed by atoms with E-state index in [1.165, 1.54) is 13.1 Å². The monoisotopic (exact) mass is 188 g/mol. The van der Waals surface area contributed by atoms with Gasteiger partial charge in [0.1, 0.15) is 0 Å². The molecule has 0 heterocycles. The lowest BCUT2D eigenvalue weighted by atomic mass is 10.3. The van der Waals surface area contributed by atoms with Crippen molar-refractivity contribution < 1.29 is 0 Å². The number of nitrogens with zero attached hydrogens (tertiary/aromatic N) is 2. The molecule has 0 radical (unpaired) electrons. The van der Waals surface area contributed by atoms with Gasteiger partial charge in [0.05, 0.1) is 0 Å². The van der Waals surface area contributed by atoms with Crippen molar-refractivity contribution in [2.24, 2.45) is 0 Å². The van der Waals surface area contributed by atoms with Gasteiger partial charge < -0.3 is 9.80 Å². The van der Waals surface area contributed by atoms with Crippen molar-refractivity contribution in [1.82, 2.24) is 9.80 Å². The molecule has 0 fully saturated rings. The van der Waals surface area contributed by atoms with E-state index in [9.17, 15) is 0 Å². The molecular weight excluding hydrogens is 160 g/mol. The van der Waals surface area contributed by atoms with Crippen LogP contribution in [0.2, 0.25) is 0 Å². The smallest absolute Gasteiger partial charge is 0.0109 e. The van der Waals surface area contributed by atoms with Crippen molar-refractivity contribution in [3.63, 3.8) is 0 Å². The minimum atomic E-state index is 0.667. The molecule has 0 aliphatic heterocycles. The molecule has 0 aromatic heterocycles. The standard InChI is InChI=1S/C9H22N2.C2H6/c1-6-10(4)7-8-11(5)9(2)3;1-2/h9H,6-8H2,1-5H3;1-2H3. The summed E-state index contributed by atoms with van der Waals surface area (Å²) < 4.78 is 0. The molecule has 0 amide bonds. The number of hydrogen-bond donors (Lipinski definition) is 0. The Kier molecular flexibility index (Phi) is 11.8. The van der Waals surface area contributed by atoms with Gasteiger partial charge in [0.25, 0.3) is 0 Å². The average molecular weight is 188 g/mol. The third-order valence-corrected chi connectivity index (χ3v) is 2.26. The second-order valence-electron chi connectivity index (χ2n) is 3.47. The Morgan fingerprint density at radius 3 is 1.77 bits per heavy atom. The molecule has 0 aliphatic rings. The van der Waals surface area contributed by atoms with E-state index in [1.54, 1.807) is 0 Å². The third-order valence-electron chi connectivity index (χ3n) is 2.26. The van der Waals surface area contributed by atoms with Gasteiger partial charge in [0.2, 0.25) is 0 Å². The molecule has 0 N–H and O–H groups in total. The van der Waals surface area contributed by atoms with Crippen LogP contribution in [0.4, 0.5) is 0 Å². The van der Waals surface area contributed by atoms with Crippen LogP contribution >= 0.6 is 0 Å². The first-order valence-corrected chi connectivity index (χ1v) is 5.46. The van der Waals surface area contributed by atoms with E-state index in [4.69, 9.17) is 0 Å². The topological polar surface area (TPSA) is 6.48 Å². The Balaban J connectivity index is 0. The summed E-state index contributed by atoms with van der Waals surface area (Å²) in [6, 6.07) is 0.667. The largest absolute Gasteiger partial charge is 0.305 e. The molecule has 0 aromatic carbocycles. The summed E-state index contributed by atoms with van der Waals surface area (Å²) in [5.74, 6) is 0. The van der Waals surface area contributed by atoms with Crippen LogP contribution in [-0.2, 0) is 0 Å². The van der Waals surface area contributed by atoms with E-state index >= 15 is 0 Å². The third kappa shape index (κ3) is 9.84. The second-order valence-corrected chi connectivity index (χ2v) is 3.47. The van der Waals surface area contributed by atoms with Crippen LogP contribution in [-0.4, -0.2) is 49.6 Å². The first-order chi connectivity index (χ1) is 6.07. The first-order valence-electron chi connectivity index (χ1n) is 5.46. The van der Waals surface area contributed by atoms with Crippen LogP contribution in [0.3, 0.4) is 0 Å². The molecule has 0 spiro atoms. The van der Waals surface area contributed by atoms with Crippen molar-refractivity contribution in [3.05, 3.63) is 0 Å². The van der Waals surface area contributed by atoms with Crippen molar-refractivity contribution in [1.29, 1.82) is 0 Å². The van der Waals surface area contributed by atoms with Crippen LogP contribution in [0.5, 0.6) is 0 Å². The Morgan fingerprint density at radius 1 is 1.00 bits per heavy atom. The van der Waals surface area contributed by atoms with E-state index in [0.717, 1.165) is 6.54 Å². The highest BCUT2D eigenvalue weighted by molar-refractivity contribution is 4.58. The van der Waals surface area contributed by atoms with E-state index < -0.39 is 0 Å². The van der Waals surface area contributed by atoms with Gasteiger partial charge in [0, 0.05) is 19.1 Å². The highest BCUT2D eigenvalue weighted by Crippen LogP contribution is 1.92. The maximum atomic E-state index is 2.37. The average Bonchev–Trinajstić information content (AvgIpc) is 2.16. The molecule has 82 valence electrons. The predicted octanol–water partition coefficient (Wildman–Crippen LogP) is 2.30. The summed E-state index contributed by atoms with van der Waals surface area (Å²) in [7, 11) is 4.34. The zero-order valence-corrected chi connectivity index (χ0v) is 10.6. The Morgan fingerprint density at radius 2 is 1.46 bits per heavy atom. The van der Waals surface area contributed by atoms with Crippen LogP contribution in [0, 0.1) is 0 Å². The molecule has 13 heavy (non-hydrogen) atoms. The maximum absolute atomic E-state index is 2.37. The Bertz CT molecular complexity index is 92.1. The summed E-state index contributed by atoms with van der Waals surface area (Å²) in [6.45, 7) is 14.1. The summed E-state index contributed by atoms with van der Waals surface area (Å²) in [4.78, 5) is 4.70. The molecule has 0 aliphatic carbocycles. The number of hydrogen-bond acceptors (Lipinski definition) is 2. The summed E-state index contributed by atoms with van der Waals surface area (Å²) >= 11 is 0. The summed E-state index contributed by atoms with van der Waals surface area (Å²) in [6.07, 6.45) is 0. The fourth-order valence-corrected chi connectivity index (χ4v) is 0.745. The van der Waals surface area contributed by atoms with Gasteiger partial charge in [-0.15, -0.1) is 0 Å². The van der Waals surface area contributed by atoms with Gasteiger partial charge in [0.15, 0.2) is 0 Å². The van der Waals surface area contributed by atoms with Crippen LogP contribution in [0.1, 0.15) is 34.6 Å². The highest BCUT2D eigenvalue weighted by Gasteiger charge is 2.02. The fourth-order valence-electron chi connectivity index (χ4n) is 0.745. The lowest BCUT2D eigenvalue weighted by molar-refractivity contribution is 0.229. The molecular formula is C11H28N2. The molecule has 0 aromatic rings.